The Hall–Kier alpha value is -2.59. The number of nitrogens with zero attached hydrogens (tertiary/aromatic N) is 2. The zero-order chi connectivity index (χ0) is 21.3. The second-order valence-electron chi connectivity index (χ2n) is 8.58. The van der Waals surface area contributed by atoms with E-state index in [0.717, 1.165) is 30.6 Å². The molecule has 0 aliphatic carbocycles. The molecule has 2 atom stereocenters. The summed E-state index contributed by atoms with van der Waals surface area (Å²) in [4.78, 5) is 30.4. The molecule has 2 aliphatic heterocycles. The van der Waals surface area contributed by atoms with Crippen LogP contribution in [0.4, 0.5) is 0 Å². The van der Waals surface area contributed by atoms with Crippen molar-refractivity contribution in [3.8, 4) is 0 Å². The molecule has 0 N–H and O–H groups in total. The van der Waals surface area contributed by atoms with Gasteiger partial charge in [-0.25, -0.2) is 0 Å². The Morgan fingerprint density at radius 3 is 2.17 bits per heavy atom. The van der Waals surface area contributed by atoms with Crippen molar-refractivity contribution in [3.05, 3.63) is 76.4 Å². The number of carbonyl (C=O) groups excluding carboxylic acids is 2. The van der Waals surface area contributed by atoms with Crippen LogP contribution in [0, 0.1) is 11.8 Å². The van der Waals surface area contributed by atoms with E-state index in [1.165, 1.54) is 4.90 Å². The minimum Gasteiger partial charge on any atom is -0.366 e. The summed E-state index contributed by atoms with van der Waals surface area (Å²) >= 11 is 5.97. The highest BCUT2D eigenvalue weighted by molar-refractivity contribution is 6.35. The lowest BCUT2D eigenvalue weighted by Crippen LogP contribution is -2.42. The summed E-state index contributed by atoms with van der Waals surface area (Å²) in [6.45, 7) is 6.40. The highest BCUT2D eigenvalue weighted by Gasteiger charge is 2.42. The molecular weight excluding hydrogens is 396 g/mol. The van der Waals surface area contributed by atoms with Crippen molar-refractivity contribution in [1.29, 1.82) is 0 Å². The van der Waals surface area contributed by atoms with Crippen LogP contribution in [0.3, 0.4) is 0 Å². The average Bonchev–Trinajstić information content (AvgIpc) is 2.97. The van der Waals surface area contributed by atoms with Gasteiger partial charge in [0.25, 0.3) is 11.8 Å². The second kappa shape index (κ2) is 8.65. The standard InChI is InChI=1S/C25H27ClN2O2/c1-17-14-18(2)16-27(15-17)23-22(20-6-4-3-5-7-20)24(29)28(25(23)30)13-12-19-8-10-21(26)11-9-19/h3-11,17-18H,12-16H2,1-2H3. The number of halogens is 1. The molecule has 2 heterocycles. The van der Waals surface area contributed by atoms with E-state index in [2.05, 4.69) is 18.7 Å². The van der Waals surface area contributed by atoms with Crippen LogP contribution < -0.4 is 0 Å². The molecule has 30 heavy (non-hydrogen) atoms. The van der Waals surface area contributed by atoms with E-state index in [1.54, 1.807) is 0 Å². The van der Waals surface area contributed by atoms with Gasteiger partial charge in [0, 0.05) is 24.7 Å². The Labute approximate surface area is 183 Å². The van der Waals surface area contributed by atoms with Crippen molar-refractivity contribution in [2.24, 2.45) is 11.8 Å². The monoisotopic (exact) mass is 422 g/mol. The van der Waals surface area contributed by atoms with E-state index in [1.807, 2.05) is 54.6 Å². The predicted octanol–water partition coefficient (Wildman–Crippen LogP) is 4.64. The molecule has 4 nitrogen and oxygen atoms in total. The second-order valence-corrected chi connectivity index (χ2v) is 9.02. The summed E-state index contributed by atoms with van der Waals surface area (Å²) in [6, 6.07) is 17.1. The summed E-state index contributed by atoms with van der Waals surface area (Å²) in [6.07, 6.45) is 1.75. The van der Waals surface area contributed by atoms with Crippen LogP contribution in [0.15, 0.2) is 60.3 Å². The van der Waals surface area contributed by atoms with Gasteiger partial charge in [-0.2, -0.15) is 0 Å². The quantitative estimate of drug-likeness (QED) is 0.659. The zero-order valence-corrected chi connectivity index (χ0v) is 18.2. The summed E-state index contributed by atoms with van der Waals surface area (Å²) in [5.41, 5.74) is 2.97. The van der Waals surface area contributed by atoms with E-state index in [0.29, 0.717) is 41.1 Å². The van der Waals surface area contributed by atoms with Gasteiger partial charge in [0.15, 0.2) is 0 Å². The number of carbonyl (C=O) groups is 2. The number of rotatable bonds is 5. The molecule has 1 saturated heterocycles. The van der Waals surface area contributed by atoms with Gasteiger partial charge in [0.2, 0.25) is 0 Å². The van der Waals surface area contributed by atoms with Gasteiger partial charge in [-0.05, 0) is 47.9 Å². The SMILES string of the molecule is CC1CC(C)CN(C2=C(c3ccccc3)C(=O)N(CCc3ccc(Cl)cc3)C2=O)C1. The van der Waals surface area contributed by atoms with Gasteiger partial charge in [-0.3, -0.25) is 14.5 Å². The van der Waals surface area contributed by atoms with E-state index in [9.17, 15) is 9.59 Å². The normalized spacial score (nSPS) is 22.2. The molecule has 0 spiro atoms. The van der Waals surface area contributed by atoms with E-state index in [-0.39, 0.29) is 11.8 Å². The molecular formula is C25H27ClN2O2. The van der Waals surface area contributed by atoms with Crippen LogP contribution in [0.5, 0.6) is 0 Å². The van der Waals surface area contributed by atoms with Crippen molar-refractivity contribution in [2.75, 3.05) is 19.6 Å². The molecule has 0 aromatic heterocycles. The molecule has 0 bridgehead atoms. The largest absolute Gasteiger partial charge is 0.366 e. The molecule has 5 heteroatoms. The number of imide groups is 1. The minimum atomic E-state index is -0.193. The number of amides is 2. The maximum atomic E-state index is 13.5. The third-order valence-corrected chi connectivity index (χ3v) is 6.18. The van der Waals surface area contributed by atoms with Crippen molar-refractivity contribution in [1.82, 2.24) is 9.80 Å². The molecule has 2 aromatic rings. The summed E-state index contributed by atoms with van der Waals surface area (Å²) in [5, 5.41) is 0.677. The first-order chi connectivity index (χ1) is 14.4. The Morgan fingerprint density at radius 1 is 0.900 bits per heavy atom. The average molecular weight is 423 g/mol. The summed E-state index contributed by atoms with van der Waals surface area (Å²) < 4.78 is 0. The van der Waals surface area contributed by atoms with Crippen LogP contribution in [-0.2, 0) is 16.0 Å². The fourth-order valence-corrected chi connectivity index (χ4v) is 4.79. The van der Waals surface area contributed by atoms with Crippen LogP contribution in [0.2, 0.25) is 5.02 Å². The highest BCUT2D eigenvalue weighted by Crippen LogP contribution is 2.35. The first-order valence-electron chi connectivity index (χ1n) is 10.6. The van der Waals surface area contributed by atoms with Crippen LogP contribution >= 0.6 is 11.6 Å². The van der Waals surface area contributed by atoms with Gasteiger partial charge in [-0.1, -0.05) is 67.9 Å². The van der Waals surface area contributed by atoms with Gasteiger partial charge < -0.3 is 4.90 Å². The summed E-state index contributed by atoms with van der Waals surface area (Å²) in [5.74, 6) is 0.615. The van der Waals surface area contributed by atoms with Gasteiger partial charge in [-0.15, -0.1) is 0 Å². The van der Waals surface area contributed by atoms with Crippen molar-refractivity contribution < 1.29 is 9.59 Å². The lowest BCUT2D eigenvalue weighted by molar-refractivity contribution is -0.137. The number of likely N-dealkylation sites (tertiary alicyclic amines) is 1. The number of hydrogen-bond donors (Lipinski definition) is 0. The maximum Gasteiger partial charge on any atom is 0.277 e. The first kappa shape index (κ1) is 20.7. The van der Waals surface area contributed by atoms with Gasteiger partial charge in [0.05, 0.1) is 5.57 Å². The molecule has 156 valence electrons. The number of hydrogen-bond acceptors (Lipinski definition) is 3. The topological polar surface area (TPSA) is 40.6 Å². The molecule has 4 rings (SSSR count). The fraction of sp³-hybridized carbons (Fsp3) is 0.360. The molecule has 2 amide bonds. The van der Waals surface area contributed by atoms with Gasteiger partial charge >= 0.3 is 0 Å². The smallest absolute Gasteiger partial charge is 0.277 e. The third-order valence-electron chi connectivity index (χ3n) is 5.93. The molecule has 2 aromatic carbocycles. The maximum absolute atomic E-state index is 13.5. The lowest BCUT2D eigenvalue weighted by Gasteiger charge is -2.37. The molecule has 2 aliphatic rings. The Kier molecular flexibility index (Phi) is 5.96. The van der Waals surface area contributed by atoms with Crippen molar-refractivity contribution in [2.45, 2.75) is 26.7 Å². The predicted molar refractivity (Wildman–Crippen MR) is 120 cm³/mol. The fourth-order valence-electron chi connectivity index (χ4n) is 4.66. The number of piperidine rings is 1. The highest BCUT2D eigenvalue weighted by atomic mass is 35.5. The minimum absolute atomic E-state index is 0.172. The third kappa shape index (κ3) is 4.15. The van der Waals surface area contributed by atoms with E-state index >= 15 is 0 Å². The molecule has 1 fully saturated rings. The van der Waals surface area contributed by atoms with Gasteiger partial charge in [0.1, 0.15) is 5.70 Å². The molecule has 2 unspecified atom stereocenters. The lowest BCUT2D eigenvalue weighted by atomic mass is 9.91. The van der Waals surface area contributed by atoms with E-state index in [4.69, 9.17) is 11.6 Å². The Morgan fingerprint density at radius 2 is 1.53 bits per heavy atom. The van der Waals surface area contributed by atoms with E-state index < -0.39 is 0 Å². The summed E-state index contributed by atoms with van der Waals surface area (Å²) in [7, 11) is 0. The Bertz CT molecular complexity index is 958. The van der Waals surface area contributed by atoms with Crippen LogP contribution in [0.25, 0.3) is 5.57 Å². The van der Waals surface area contributed by atoms with Crippen molar-refractivity contribution in [3.63, 3.8) is 0 Å². The van der Waals surface area contributed by atoms with Crippen LogP contribution in [-0.4, -0.2) is 41.2 Å². The van der Waals surface area contributed by atoms with Crippen molar-refractivity contribution >= 4 is 29.0 Å². The number of benzene rings is 2. The Balaban J connectivity index is 1.64. The first-order valence-corrected chi connectivity index (χ1v) is 11.0. The molecule has 0 radical (unpaired) electrons. The zero-order valence-electron chi connectivity index (χ0n) is 17.5. The van der Waals surface area contributed by atoms with Crippen LogP contribution in [0.1, 0.15) is 31.4 Å². The molecule has 0 saturated carbocycles.